The Morgan fingerprint density at radius 2 is 2.24 bits per heavy atom. The van der Waals surface area contributed by atoms with E-state index in [0.29, 0.717) is 17.1 Å². The fourth-order valence-corrected chi connectivity index (χ4v) is 3.72. The number of hydrogen-bond donors (Lipinski definition) is 1. The minimum Gasteiger partial charge on any atom is -0.463 e. The Bertz CT molecular complexity index is 906. The van der Waals surface area contributed by atoms with Crippen molar-refractivity contribution in [3.05, 3.63) is 47.1 Å². The van der Waals surface area contributed by atoms with Crippen LogP contribution in [0.15, 0.2) is 28.9 Å². The minimum atomic E-state index is -0.0563. The molecule has 7 heteroatoms. The van der Waals surface area contributed by atoms with Crippen LogP contribution in [0.4, 0.5) is 0 Å². The number of furan rings is 1. The maximum Gasteiger partial charge on any atom is 0.274 e. The maximum absolute atomic E-state index is 13.0. The van der Waals surface area contributed by atoms with Crippen molar-refractivity contribution in [1.29, 1.82) is 0 Å². The number of likely N-dealkylation sites (tertiary alicyclic amines) is 1. The van der Waals surface area contributed by atoms with Gasteiger partial charge in [0.05, 0.1) is 18.0 Å². The number of hydrogen-bond acceptors (Lipinski definition) is 4. The Morgan fingerprint density at radius 1 is 1.40 bits per heavy atom. The molecule has 1 N–H and O–H groups in total. The van der Waals surface area contributed by atoms with Crippen LogP contribution in [-0.4, -0.2) is 37.3 Å². The first kappa shape index (κ1) is 15.7. The zero-order chi connectivity index (χ0) is 17.6. The van der Waals surface area contributed by atoms with Crippen molar-refractivity contribution in [3.63, 3.8) is 0 Å². The Balaban J connectivity index is 1.63. The summed E-state index contributed by atoms with van der Waals surface area (Å²) in [5.74, 6) is 0.614. The summed E-state index contributed by atoms with van der Waals surface area (Å²) in [6.07, 6.45) is 3.54. The highest BCUT2D eigenvalue weighted by molar-refractivity contribution is 5.93. The number of nitrogens with zero attached hydrogens (tertiary/aromatic N) is 4. The predicted octanol–water partition coefficient (Wildman–Crippen LogP) is 3.00. The van der Waals surface area contributed by atoms with Crippen LogP contribution in [-0.2, 0) is 7.05 Å². The van der Waals surface area contributed by atoms with E-state index in [1.165, 1.54) is 0 Å². The molecule has 1 aliphatic rings. The monoisotopic (exact) mass is 339 g/mol. The first-order valence-corrected chi connectivity index (χ1v) is 8.46. The van der Waals surface area contributed by atoms with Gasteiger partial charge in [0.15, 0.2) is 11.5 Å². The molecule has 1 amide bonds. The second-order valence-corrected chi connectivity index (χ2v) is 6.51. The average Bonchev–Trinajstić information content (AvgIpc) is 3.34. The van der Waals surface area contributed by atoms with Gasteiger partial charge in [0.25, 0.3) is 5.91 Å². The number of amides is 1. The molecule has 1 fully saturated rings. The average molecular weight is 339 g/mol. The molecule has 7 nitrogen and oxygen atoms in total. The lowest BCUT2D eigenvalue weighted by molar-refractivity contribution is 0.0729. The SMILES string of the molecule is Cc1nn(C)c(C)c1[C@H]1CCCN1C(=O)c1cc(-c2ccco2)[nH]n1. The van der Waals surface area contributed by atoms with E-state index >= 15 is 0 Å². The van der Waals surface area contributed by atoms with E-state index < -0.39 is 0 Å². The Hall–Kier alpha value is -2.83. The minimum absolute atomic E-state index is 0.0563. The van der Waals surface area contributed by atoms with Crippen molar-refractivity contribution in [2.45, 2.75) is 32.7 Å². The van der Waals surface area contributed by atoms with Gasteiger partial charge in [0.1, 0.15) is 5.69 Å². The largest absolute Gasteiger partial charge is 0.463 e. The molecule has 1 atom stereocenters. The molecule has 0 aromatic carbocycles. The Morgan fingerprint density at radius 3 is 2.92 bits per heavy atom. The predicted molar refractivity (Wildman–Crippen MR) is 92.0 cm³/mol. The maximum atomic E-state index is 13.0. The van der Waals surface area contributed by atoms with Crippen molar-refractivity contribution >= 4 is 5.91 Å². The molecule has 3 aromatic rings. The highest BCUT2D eigenvalue weighted by Gasteiger charge is 2.34. The molecule has 25 heavy (non-hydrogen) atoms. The van der Waals surface area contributed by atoms with Gasteiger partial charge in [0, 0.05) is 30.9 Å². The van der Waals surface area contributed by atoms with Crippen molar-refractivity contribution < 1.29 is 9.21 Å². The summed E-state index contributed by atoms with van der Waals surface area (Å²) in [4.78, 5) is 14.9. The van der Waals surface area contributed by atoms with Gasteiger partial charge in [-0.25, -0.2) is 0 Å². The third-order valence-electron chi connectivity index (χ3n) is 5.00. The number of aryl methyl sites for hydroxylation is 2. The molecule has 4 heterocycles. The van der Waals surface area contributed by atoms with Crippen LogP contribution in [0.25, 0.3) is 11.5 Å². The standard InChI is InChI=1S/C18H21N5O2/c1-11-17(12(2)22(3)21-11)15-6-4-8-23(15)18(24)14-10-13(19-20-14)16-7-5-9-25-16/h5,7,9-10,15H,4,6,8H2,1-3H3,(H,19,20)/t15-/m1/s1. The number of nitrogens with one attached hydrogen (secondary N) is 1. The third kappa shape index (κ3) is 2.56. The van der Waals surface area contributed by atoms with Gasteiger partial charge in [-0.3, -0.25) is 14.6 Å². The molecule has 0 radical (unpaired) electrons. The van der Waals surface area contributed by atoms with Gasteiger partial charge in [0.2, 0.25) is 0 Å². The van der Waals surface area contributed by atoms with Crippen LogP contribution in [0.3, 0.4) is 0 Å². The lowest BCUT2D eigenvalue weighted by atomic mass is 10.0. The number of carbonyl (C=O) groups excluding carboxylic acids is 1. The lowest BCUT2D eigenvalue weighted by Gasteiger charge is -2.24. The van der Waals surface area contributed by atoms with Gasteiger partial charge < -0.3 is 9.32 Å². The number of H-pyrrole nitrogens is 1. The topological polar surface area (TPSA) is 80.0 Å². The van der Waals surface area contributed by atoms with Gasteiger partial charge >= 0.3 is 0 Å². The summed E-state index contributed by atoms with van der Waals surface area (Å²) in [6, 6.07) is 5.45. The zero-order valence-electron chi connectivity index (χ0n) is 14.6. The van der Waals surface area contributed by atoms with E-state index in [0.717, 1.165) is 36.3 Å². The molecule has 4 rings (SSSR count). The lowest BCUT2D eigenvalue weighted by Crippen LogP contribution is -2.31. The molecule has 3 aromatic heterocycles. The summed E-state index contributed by atoms with van der Waals surface area (Å²) in [7, 11) is 1.94. The van der Waals surface area contributed by atoms with Gasteiger partial charge in [-0.2, -0.15) is 10.2 Å². The van der Waals surface area contributed by atoms with Gasteiger partial charge in [-0.15, -0.1) is 0 Å². The zero-order valence-corrected chi connectivity index (χ0v) is 14.6. The molecule has 1 aliphatic heterocycles. The molecule has 0 saturated carbocycles. The molecular formula is C18H21N5O2. The van der Waals surface area contributed by atoms with Crippen molar-refractivity contribution in [3.8, 4) is 11.5 Å². The van der Waals surface area contributed by atoms with Crippen molar-refractivity contribution in [2.75, 3.05) is 6.54 Å². The van der Waals surface area contributed by atoms with Crippen molar-refractivity contribution in [1.82, 2.24) is 24.9 Å². The molecule has 130 valence electrons. The van der Waals surface area contributed by atoms with Crippen LogP contribution in [0.5, 0.6) is 0 Å². The second kappa shape index (κ2) is 5.91. The van der Waals surface area contributed by atoms with Gasteiger partial charge in [-0.05, 0) is 38.8 Å². The van der Waals surface area contributed by atoms with Gasteiger partial charge in [-0.1, -0.05) is 0 Å². The molecular weight excluding hydrogens is 318 g/mol. The number of carbonyl (C=O) groups is 1. The van der Waals surface area contributed by atoms with Crippen LogP contribution in [0, 0.1) is 13.8 Å². The van der Waals surface area contributed by atoms with Crippen LogP contribution >= 0.6 is 0 Å². The number of aromatic nitrogens is 4. The Labute approximate surface area is 145 Å². The van der Waals surface area contributed by atoms with E-state index in [9.17, 15) is 4.79 Å². The summed E-state index contributed by atoms with van der Waals surface area (Å²) in [5.41, 5.74) is 4.38. The molecule has 0 aliphatic carbocycles. The van der Waals surface area contributed by atoms with E-state index in [4.69, 9.17) is 4.42 Å². The van der Waals surface area contributed by atoms with E-state index in [1.54, 1.807) is 12.3 Å². The summed E-state index contributed by atoms with van der Waals surface area (Å²) < 4.78 is 7.24. The summed E-state index contributed by atoms with van der Waals surface area (Å²) in [5, 5.41) is 11.6. The molecule has 0 spiro atoms. The van der Waals surface area contributed by atoms with E-state index in [-0.39, 0.29) is 11.9 Å². The summed E-state index contributed by atoms with van der Waals surface area (Å²) >= 11 is 0. The fourth-order valence-electron chi connectivity index (χ4n) is 3.72. The van der Waals surface area contributed by atoms with E-state index in [1.807, 2.05) is 35.7 Å². The second-order valence-electron chi connectivity index (χ2n) is 6.51. The first-order valence-electron chi connectivity index (χ1n) is 8.46. The molecule has 0 bridgehead atoms. The quantitative estimate of drug-likeness (QED) is 0.795. The summed E-state index contributed by atoms with van der Waals surface area (Å²) in [6.45, 7) is 4.80. The number of rotatable bonds is 3. The van der Waals surface area contributed by atoms with E-state index in [2.05, 4.69) is 22.2 Å². The highest BCUT2D eigenvalue weighted by Crippen LogP contribution is 2.36. The third-order valence-corrected chi connectivity index (χ3v) is 5.00. The first-order chi connectivity index (χ1) is 12.1. The fraction of sp³-hybridized carbons (Fsp3) is 0.389. The Kier molecular flexibility index (Phi) is 3.71. The van der Waals surface area contributed by atoms with Crippen molar-refractivity contribution in [2.24, 2.45) is 7.05 Å². The normalized spacial score (nSPS) is 17.4. The molecule has 1 saturated heterocycles. The van der Waals surface area contributed by atoms with Crippen LogP contribution in [0.2, 0.25) is 0 Å². The molecule has 0 unspecified atom stereocenters. The smallest absolute Gasteiger partial charge is 0.274 e. The highest BCUT2D eigenvalue weighted by atomic mass is 16.3. The van der Waals surface area contributed by atoms with Crippen LogP contribution in [0.1, 0.15) is 46.3 Å². The van der Waals surface area contributed by atoms with Crippen LogP contribution < -0.4 is 0 Å². The number of aromatic amines is 1.